The Kier molecular flexibility index (Phi) is 4.54. The van der Waals surface area contributed by atoms with Crippen LogP contribution in [-0.4, -0.2) is 19.0 Å². The largest absolute Gasteiger partial charge is 0.545 e. The van der Waals surface area contributed by atoms with Gasteiger partial charge in [-0.15, -0.1) is 0 Å². The van der Waals surface area contributed by atoms with E-state index in [-0.39, 0.29) is 0 Å². The van der Waals surface area contributed by atoms with E-state index in [0.29, 0.717) is 22.5 Å². The molecule has 0 aliphatic heterocycles. The molecule has 0 aromatic heterocycles. The van der Waals surface area contributed by atoms with Gasteiger partial charge in [0.15, 0.2) is 0 Å². The van der Waals surface area contributed by atoms with E-state index in [1.54, 1.807) is 12.1 Å². The van der Waals surface area contributed by atoms with E-state index < -0.39 is 11.9 Å². The zero-order chi connectivity index (χ0) is 12.8. The first-order valence-electron chi connectivity index (χ1n) is 4.56. The van der Waals surface area contributed by atoms with E-state index in [1.165, 1.54) is 13.2 Å². The first kappa shape index (κ1) is 13.1. The number of rotatable bonds is 4. The number of carbonyl (C=O) groups is 2. The number of carboxylic acid groups (broad SMARTS) is 1. The average Bonchev–Trinajstić information content (AvgIpc) is 2.26. The molecular weight excluding hydrogens is 246 g/mol. The third kappa shape index (κ3) is 4.16. The monoisotopic (exact) mass is 254 g/mol. The van der Waals surface area contributed by atoms with Crippen molar-refractivity contribution in [2.75, 3.05) is 12.4 Å². The van der Waals surface area contributed by atoms with Crippen molar-refractivity contribution in [2.45, 2.75) is 0 Å². The fourth-order valence-corrected chi connectivity index (χ4v) is 1.33. The van der Waals surface area contributed by atoms with Crippen LogP contribution in [0.1, 0.15) is 0 Å². The maximum atomic E-state index is 11.2. The van der Waals surface area contributed by atoms with Crippen LogP contribution in [0.25, 0.3) is 0 Å². The van der Waals surface area contributed by atoms with Gasteiger partial charge in [0.25, 0.3) is 0 Å². The van der Waals surface area contributed by atoms with Gasteiger partial charge in [-0.25, -0.2) is 0 Å². The molecule has 1 rings (SSSR count). The van der Waals surface area contributed by atoms with Crippen molar-refractivity contribution < 1.29 is 19.4 Å². The van der Waals surface area contributed by atoms with E-state index in [4.69, 9.17) is 16.3 Å². The second-order valence-corrected chi connectivity index (χ2v) is 3.40. The third-order valence-corrected chi connectivity index (χ3v) is 2.09. The smallest absolute Gasteiger partial charge is 0.248 e. The van der Waals surface area contributed by atoms with Crippen molar-refractivity contribution in [3.8, 4) is 5.75 Å². The molecule has 0 unspecified atom stereocenters. The molecule has 0 spiro atoms. The topological polar surface area (TPSA) is 78.5 Å². The number of anilines is 1. The molecule has 6 heteroatoms. The minimum atomic E-state index is -1.44. The number of carbonyl (C=O) groups excluding carboxylic acids is 2. The summed E-state index contributed by atoms with van der Waals surface area (Å²) < 4.78 is 4.94. The van der Waals surface area contributed by atoms with Crippen molar-refractivity contribution in [3.05, 3.63) is 35.4 Å². The molecule has 0 atom stereocenters. The molecule has 1 amide bonds. The van der Waals surface area contributed by atoms with Crippen LogP contribution in [0.15, 0.2) is 30.4 Å². The van der Waals surface area contributed by atoms with Gasteiger partial charge in [-0.3, -0.25) is 4.79 Å². The van der Waals surface area contributed by atoms with Crippen molar-refractivity contribution >= 4 is 29.2 Å². The summed E-state index contributed by atoms with van der Waals surface area (Å²) in [6, 6.07) is 4.65. The molecule has 0 heterocycles. The van der Waals surface area contributed by atoms with Gasteiger partial charge in [-0.05, 0) is 24.3 Å². The van der Waals surface area contributed by atoms with Crippen LogP contribution in [0.2, 0.25) is 5.02 Å². The van der Waals surface area contributed by atoms with Crippen LogP contribution in [0, 0.1) is 0 Å². The maximum absolute atomic E-state index is 11.2. The fraction of sp³-hybridized carbons (Fsp3) is 0.0909. The first-order chi connectivity index (χ1) is 8.02. The van der Waals surface area contributed by atoms with Gasteiger partial charge in [0, 0.05) is 11.8 Å². The highest BCUT2D eigenvalue weighted by molar-refractivity contribution is 6.32. The molecule has 1 N–H and O–H groups in total. The zero-order valence-electron chi connectivity index (χ0n) is 8.90. The molecule has 0 saturated carbocycles. The molecule has 5 nitrogen and oxygen atoms in total. The molecule has 0 bridgehead atoms. The second kappa shape index (κ2) is 5.91. The average molecular weight is 255 g/mol. The SMILES string of the molecule is COc1ccc(NC(=O)/C=C/C(=O)[O-])cc1Cl. The van der Waals surface area contributed by atoms with Crippen LogP contribution < -0.4 is 15.2 Å². The van der Waals surface area contributed by atoms with Crippen LogP contribution in [0.5, 0.6) is 5.75 Å². The zero-order valence-corrected chi connectivity index (χ0v) is 9.65. The number of halogens is 1. The lowest BCUT2D eigenvalue weighted by Gasteiger charge is -2.06. The molecule has 0 aliphatic carbocycles. The van der Waals surface area contributed by atoms with E-state index in [1.807, 2.05) is 0 Å². The van der Waals surface area contributed by atoms with Gasteiger partial charge >= 0.3 is 0 Å². The summed E-state index contributed by atoms with van der Waals surface area (Å²) >= 11 is 5.84. The minimum absolute atomic E-state index is 0.342. The number of carboxylic acids is 1. The van der Waals surface area contributed by atoms with Crippen molar-refractivity contribution in [3.63, 3.8) is 0 Å². The predicted molar refractivity (Wildman–Crippen MR) is 60.8 cm³/mol. The number of benzene rings is 1. The summed E-state index contributed by atoms with van der Waals surface area (Å²) in [6.07, 6.45) is 1.49. The summed E-state index contributed by atoms with van der Waals surface area (Å²) in [4.78, 5) is 21.3. The van der Waals surface area contributed by atoms with Crippen LogP contribution in [0.3, 0.4) is 0 Å². The molecule has 0 fully saturated rings. The van der Waals surface area contributed by atoms with Crippen molar-refractivity contribution in [1.82, 2.24) is 0 Å². The molecule has 0 radical (unpaired) electrons. The lowest BCUT2D eigenvalue weighted by molar-refractivity contribution is -0.297. The Morgan fingerprint density at radius 2 is 2.12 bits per heavy atom. The highest BCUT2D eigenvalue weighted by atomic mass is 35.5. The Morgan fingerprint density at radius 3 is 2.65 bits per heavy atom. The molecule has 17 heavy (non-hydrogen) atoms. The van der Waals surface area contributed by atoms with E-state index >= 15 is 0 Å². The Hall–Kier alpha value is -2.01. The van der Waals surface area contributed by atoms with Crippen LogP contribution >= 0.6 is 11.6 Å². The van der Waals surface area contributed by atoms with E-state index in [9.17, 15) is 14.7 Å². The third-order valence-electron chi connectivity index (χ3n) is 1.79. The van der Waals surface area contributed by atoms with Crippen LogP contribution in [-0.2, 0) is 9.59 Å². The number of amides is 1. The normalized spacial score (nSPS) is 10.2. The molecule has 0 saturated heterocycles. The van der Waals surface area contributed by atoms with Crippen LogP contribution in [0.4, 0.5) is 5.69 Å². The van der Waals surface area contributed by atoms with Gasteiger partial charge in [0.1, 0.15) is 5.75 Å². The first-order valence-corrected chi connectivity index (χ1v) is 4.94. The number of hydrogen-bond acceptors (Lipinski definition) is 4. The number of aliphatic carboxylic acids is 1. The van der Waals surface area contributed by atoms with Gasteiger partial charge < -0.3 is 20.0 Å². The molecule has 0 aliphatic rings. The number of nitrogens with one attached hydrogen (secondary N) is 1. The Labute approximate surface area is 103 Å². The van der Waals surface area contributed by atoms with Crippen molar-refractivity contribution in [2.24, 2.45) is 0 Å². The second-order valence-electron chi connectivity index (χ2n) is 2.99. The highest BCUT2D eigenvalue weighted by Gasteiger charge is 2.03. The van der Waals surface area contributed by atoms with Crippen molar-refractivity contribution in [1.29, 1.82) is 0 Å². The van der Waals surface area contributed by atoms with Gasteiger partial charge in [-0.1, -0.05) is 11.6 Å². The summed E-state index contributed by atoms with van der Waals surface area (Å²) in [6.45, 7) is 0. The number of hydrogen-bond donors (Lipinski definition) is 1. The predicted octanol–water partition coefficient (Wildman–Crippen LogP) is 0.593. The summed E-state index contributed by atoms with van der Waals surface area (Å²) in [7, 11) is 1.47. The number of ether oxygens (including phenoxy) is 1. The Bertz CT molecular complexity index is 471. The minimum Gasteiger partial charge on any atom is -0.545 e. The molecule has 1 aromatic rings. The molecule has 1 aromatic carbocycles. The lowest BCUT2D eigenvalue weighted by atomic mass is 10.3. The summed E-state index contributed by atoms with van der Waals surface area (Å²) in [5.41, 5.74) is 0.434. The Morgan fingerprint density at radius 1 is 1.41 bits per heavy atom. The standard InChI is InChI=1S/C11H10ClNO4/c1-17-9-3-2-7(6-8(9)12)13-10(14)4-5-11(15)16/h2-6H,1H3,(H,13,14)(H,15,16)/p-1/b5-4+. The quantitative estimate of drug-likeness (QED) is 0.798. The van der Waals surface area contributed by atoms with Gasteiger partial charge in [0.05, 0.1) is 18.1 Å². The summed E-state index contributed by atoms with van der Waals surface area (Å²) in [5, 5.41) is 12.9. The molecular formula is C11H9ClNO4-. The summed E-state index contributed by atoms with van der Waals surface area (Å²) in [5.74, 6) is -1.54. The fourth-order valence-electron chi connectivity index (χ4n) is 1.07. The maximum Gasteiger partial charge on any atom is 0.248 e. The van der Waals surface area contributed by atoms with E-state index in [2.05, 4.69) is 5.32 Å². The van der Waals surface area contributed by atoms with Gasteiger partial charge in [0.2, 0.25) is 5.91 Å². The van der Waals surface area contributed by atoms with Gasteiger partial charge in [-0.2, -0.15) is 0 Å². The molecule has 90 valence electrons. The highest BCUT2D eigenvalue weighted by Crippen LogP contribution is 2.27. The number of methoxy groups -OCH3 is 1. The lowest BCUT2D eigenvalue weighted by Crippen LogP contribution is -2.20. The van der Waals surface area contributed by atoms with E-state index in [0.717, 1.165) is 6.08 Å². The Balaban J connectivity index is 2.72.